The average Bonchev–Trinajstić information content (AvgIpc) is 2.53. The van der Waals surface area contributed by atoms with Crippen molar-refractivity contribution in [1.82, 2.24) is 9.97 Å². The Kier molecular flexibility index (Phi) is 4.75. The molecule has 2 aromatic heterocycles. The second-order valence-electron chi connectivity index (χ2n) is 4.96. The van der Waals surface area contributed by atoms with Gasteiger partial charge in [0.1, 0.15) is 5.76 Å². The Labute approximate surface area is 133 Å². The normalized spacial score (nSPS) is 13.0. The fourth-order valence-electron chi connectivity index (χ4n) is 2.07. The monoisotopic (exact) mass is 310 g/mol. The molecule has 2 aromatic rings. The van der Waals surface area contributed by atoms with Crippen LogP contribution in [0.2, 0.25) is 0 Å². The number of nitrogens with two attached hydrogens (primary N) is 2. The van der Waals surface area contributed by atoms with Gasteiger partial charge in [0.05, 0.1) is 16.7 Å². The van der Waals surface area contributed by atoms with Gasteiger partial charge in [0.2, 0.25) is 0 Å². The zero-order chi connectivity index (χ0) is 17.0. The molecule has 0 aliphatic carbocycles. The van der Waals surface area contributed by atoms with E-state index in [-0.39, 0.29) is 17.1 Å². The zero-order valence-corrected chi connectivity index (χ0v) is 12.9. The number of allylic oxidation sites excluding steroid dienone is 4. The molecule has 0 radical (unpaired) electrons. The molecular formula is C17H18N4O2. The third-order valence-electron chi connectivity index (χ3n) is 3.24. The number of primary amides is 1. The predicted molar refractivity (Wildman–Crippen MR) is 91.6 cm³/mol. The van der Waals surface area contributed by atoms with Crippen molar-refractivity contribution in [3.8, 4) is 0 Å². The molecule has 118 valence electrons. The number of amides is 1. The maximum absolute atomic E-state index is 11.5. The number of rotatable bonds is 4. The number of carbonyl (C=O) groups excluding carboxylic acids is 1. The minimum absolute atomic E-state index is 0.0167. The number of nitrogens with zero attached hydrogens (tertiary/aromatic N) is 2. The minimum Gasteiger partial charge on any atom is -0.508 e. The number of aromatic nitrogens is 2. The first-order valence-corrected chi connectivity index (χ1v) is 6.99. The molecule has 0 aliphatic rings. The minimum atomic E-state index is -0.693. The van der Waals surface area contributed by atoms with Gasteiger partial charge in [-0.15, -0.1) is 0 Å². The molecule has 0 bridgehead atoms. The van der Waals surface area contributed by atoms with Gasteiger partial charge in [0.15, 0.2) is 5.69 Å². The maximum Gasteiger partial charge on any atom is 0.269 e. The lowest BCUT2D eigenvalue weighted by atomic mass is 10.1. The van der Waals surface area contributed by atoms with E-state index in [9.17, 15) is 9.90 Å². The predicted octanol–water partition coefficient (Wildman–Crippen LogP) is 2.73. The van der Waals surface area contributed by atoms with E-state index in [4.69, 9.17) is 11.5 Å². The van der Waals surface area contributed by atoms with Crippen molar-refractivity contribution < 1.29 is 9.90 Å². The van der Waals surface area contributed by atoms with E-state index in [0.29, 0.717) is 16.6 Å². The van der Waals surface area contributed by atoms with Crippen molar-refractivity contribution in [2.75, 3.05) is 5.73 Å². The third-order valence-corrected chi connectivity index (χ3v) is 3.24. The zero-order valence-electron chi connectivity index (χ0n) is 12.9. The molecule has 0 fully saturated rings. The highest BCUT2D eigenvalue weighted by Gasteiger charge is 2.15. The molecule has 1 amide bonds. The maximum atomic E-state index is 11.5. The Balaban J connectivity index is 2.61. The van der Waals surface area contributed by atoms with Crippen LogP contribution in [0.1, 0.15) is 29.9 Å². The first-order chi connectivity index (χ1) is 10.9. The van der Waals surface area contributed by atoms with Crippen LogP contribution in [0.15, 0.2) is 47.9 Å². The van der Waals surface area contributed by atoms with Crippen molar-refractivity contribution in [1.29, 1.82) is 0 Å². The lowest BCUT2D eigenvalue weighted by Crippen LogP contribution is -2.16. The number of aliphatic hydroxyl groups is 1. The number of nitrogen functional groups attached to an aromatic ring is 1. The molecule has 6 heteroatoms. The highest BCUT2D eigenvalue weighted by atomic mass is 16.3. The van der Waals surface area contributed by atoms with Gasteiger partial charge in [-0.05, 0) is 43.7 Å². The topological polar surface area (TPSA) is 115 Å². The molecule has 0 unspecified atom stereocenters. The molecule has 0 saturated carbocycles. The molecule has 2 rings (SSSR count). The highest BCUT2D eigenvalue weighted by molar-refractivity contribution is 6.03. The Bertz CT molecular complexity index is 851. The number of pyridine rings is 2. The van der Waals surface area contributed by atoms with Gasteiger partial charge >= 0.3 is 0 Å². The lowest BCUT2D eigenvalue weighted by Gasteiger charge is -2.08. The smallest absolute Gasteiger partial charge is 0.269 e. The van der Waals surface area contributed by atoms with Crippen molar-refractivity contribution in [2.45, 2.75) is 13.8 Å². The van der Waals surface area contributed by atoms with E-state index >= 15 is 0 Å². The van der Waals surface area contributed by atoms with Crippen LogP contribution in [0.4, 0.5) is 5.69 Å². The quantitative estimate of drug-likeness (QED) is 0.593. The Morgan fingerprint density at radius 2 is 2.13 bits per heavy atom. The Morgan fingerprint density at radius 3 is 2.78 bits per heavy atom. The largest absolute Gasteiger partial charge is 0.508 e. The molecule has 0 spiro atoms. The van der Waals surface area contributed by atoms with E-state index in [0.717, 1.165) is 5.57 Å². The van der Waals surface area contributed by atoms with Gasteiger partial charge in [-0.25, -0.2) is 4.98 Å². The van der Waals surface area contributed by atoms with Crippen LogP contribution in [0.3, 0.4) is 0 Å². The third kappa shape index (κ3) is 3.55. The van der Waals surface area contributed by atoms with Crippen LogP contribution in [-0.2, 0) is 0 Å². The lowest BCUT2D eigenvalue weighted by molar-refractivity contribution is 0.0997. The van der Waals surface area contributed by atoms with Crippen molar-refractivity contribution in [3.05, 3.63) is 59.1 Å². The van der Waals surface area contributed by atoms with Crippen LogP contribution < -0.4 is 11.5 Å². The molecule has 23 heavy (non-hydrogen) atoms. The summed E-state index contributed by atoms with van der Waals surface area (Å²) < 4.78 is 0. The summed E-state index contributed by atoms with van der Waals surface area (Å²) in [5, 5.41) is 9.51. The first-order valence-electron chi connectivity index (χ1n) is 6.99. The molecule has 2 heterocycles. The van der Waals surface area contributed by atoms with Crippen LogP contribution in [0.25, 0.3) is 17.1 Å². The van der Waals surface area contributed by atoms with Gasteiger partial charge in [-0.3, -0.25) is 9.78 Å². The summed E-state index contributed by atoms with van der Waals surface area (Å²) in [5.74, 6) is -0.530. The summed E-state index contributed by atoms with van der Waals surface area (Å²) in [6, 6.07) is 3.46. The van der Waals surface area contributed by atoms with Crippen molar-refractivity contribution in [3.63, 3.8) is 0 Å². The van der Waals surface area contributed by atoms with Gasteiger partial charge in [-0.1, -0.05) is 12.2 Å². The summed E-state index contributed by atoms with van der Waals surface area (Å²) in [6.45, 7) is 3.57. The van der Waals surface area contributed by atoms with Crippen LogP contribution in [0.5, 0.6) is 0 Å². The van der Waals surface area contributed by atoms with E-state index < -0.39 is 5.91 Å². The molecule has 0 aromatic carbocycles. The summed E-state index contributed by atoms with van der Waals surface area (Å²) >= 11 is 0. The van der Waals surface area contributed by atoms with Crippen LogP contribution in [-0.4, -0.2) is 21.0 Å². The summed E-state index contributed by atoms with van der Waals surface area (Å²) in [5.41, 5.74) is 14.1. The number of carbonyl (C=O) groups is 1. The summed E-state index contributed by atoms with van der Waals surface area (Å²) in [4.78, 5) is 20.0. The average molecular weight is 310 g/mol. The Hall–Kier alpha value is -3.15. The number of aliphatic hydroxyl groups excluding tert-OH is 1. The van der Waals surface area contributed by atoms with Crippen LogP contribution >= 0.6 is 0 Å². The summed E-state index contributed by atoms with van der Waals surface area (Å²) in [7, 11) is 0. The molecule has 5 N–H and O–H groups in total. The van der Waals surface area contributed by atoms with Gasteiger partial charge < -0.3 is 16.6 Å². The van der Waals surface area contributed by atoms with Crippen molar-refractivity contribution >= 4 is 28.7 Å². The van der Waals surface area contributed by atoms with E-state index in [2.05, 4.69) is 9.97 Å². The van der Waals surface area contributed by atoms with E-state index in [1.54, 1.807) is 49.6 Å². The number of fused-ring (bicyclic) bond motifs is 1. The molecule has 0 atom stereocenters. The van der Waals surface area contributed by atoms with Gasteiger partial charge in [0.25, 0.3) is 5.91 Å². The fourth-order valence-corrected chi connectivity index (χ4v) is 2.07. The second-order valence-corrected chi connectivity index (χ2v) is 4.96. The molecule has 0 aliphatic heterocycles. The second kappa shape index (κ2) is 6.74. The van der Waals surface area contributed by atoms with E-state index in [1.807, 2.05) is 6.92 Å². The summed E-state index contributed by atoms with van der Waals surface area (Å²) in [6.07, 6.45) is 8.32. The standard InChI is InChI=1S/C17H18N4O2/c1-3-11(22)9-10(2)6-7-12-14(18)16(17(19)23)21-13-5-4-8-20-15(12)13/h3-9,22H,18H2,1-2H3,(H2,19,23)/b7-6+,10-9-,11-3-. The molecular weight excluding hydrogens is 292 g/mol. The van der Waals surface area contributed by atoms with Crippen LogP contribution in [0, 0.1) is 0 Å². The van der Waals surface area contributed by atoms with Gasteiger partial charge in [0, 0.05) is 11.8 Å². The van der Waals surface area contributed by atoms with Gasteiger partial charge in [-0.2, -0.15) is 0 Å². The van der Waals surface area contributed by atoms with E-state index in [1.165, 1.54) is 0 Å². The molecule has 6 nitrogen and oxygen atoms in total. The van der Waals surface area contributed by atoms with Crippen molar-refractivity contribution in [2.24, 2.45) is 5.73 Å². The Morgan fingerprint density at radius 1 is 1.39 bits per heavy atom. The number of anilines is 1. The SMILES string of the molecule is C/C=C(O)/C=C(C)\C=C\c1c(N)c(C(N)=O)nc2cccnc12. The number of hydrogen-bond acceptors (Lipinski definition) is 5. The molecule has 0 saturated heterocycles. The number of hydrogen-bond donors (Lipinski definition) is 3. The highest BCUT2D eigenvalue weighted by Crippen LogP contribution is 2.25. The first kappa shape index (κ1) is 16.2. The fraction of sp³-hybridized carbons (Fsp3) is 0.118.